The van der Waals surface area contributed by atoms with Crippen molar-refractivity contribution in [3.8, 4) is 0 Å². The summed E-state index contributed by atoms with van der Waals surface area (Å²) in [5.74, 6) is -0.586. The lowest BCUT2D eigenvalue weighted by Crippen LogP contribution is -2.05. The molecule has 4 nitrogen and oxygen atoms in total. The molecule has 20 heavy (non-hydrogen) atoms. The normalized spacial score (nSPS) is 10.3. The molecule has 0 amide bonds. The van der Waals surface area contributed by atoms with Crippen LogP contribution in [0.2, 0.25) is 0 Å². The number of nitro groups is 1. The van der Waals surface area contributed by atoms with Crippen molar-refractivity contribution < 1.29 is 14.1 Å². The molecule has 2 aromatic rings. The molecule has 0 aliphatic rings. The van der Waals surface area contributed by atoms with Crippen molar-refractivity contribution in [3.05, 3.63) is 75.1 Å². The van der Waals surface area contributed by atoms with Gasteiger partial charge in [0.05, 0.1) is 4.92 Å². The van der Waals surface area contributed by atoms with E-state index >= 15 is 0 Å². The number of Topliss-reactive ketones (excluding diaryl/α,β-unsaturated/α-hetero) is 1. The van der Waals surface area contributed by atoms with Crippen LogP contribution in [0, 0.1) is 22.9 Å². The molecule has 2 rings (SSSR count). The highest BCUT2D eigenvalue weighted by atomic mass is 19.1. The zero-order chi connectivity index (χ0) is 14.7. The third-order valence-corrected chi connectivity index (χ3v) is 3.03. The Bertz CT molecular complexity index is 683. The second kappa shape index (κ2) is 5.61. The number of carbonyl (C=O) groups is 1. The van der Waals surface area contributed by atoms with Crippen LogP contribution in [0.25, 0.3) is 0 Å². The molecule has 102 valence electrons. The lowest BCUT2D eigenvalue weighted by atomic mass is 9.99. The average Bonchev–Trinajstić information content (AvgIpc) is 2.42. The van der Waals surface area contributed by atoms with E-state index in [1.165, 1.54) is 36.4 Å². The van der Waals surface area contributed by atoms with Crippen molar-refractivity contribution in [1.82, 2.24) is 0 Å². The molecule has 0 aromatic heterocycles. The van der Waals surface area contributed by atoms with Crippen LogP contribution in [0.4, 0.5) is 10.1 Å². The van der Waals surface area contributed by atoms with Crippen LogP contribution < -0.4 is 0 Å². The molecule has 0 fully saturated rings. The number of halogens is 1. The molecule has 0 saturated carbocycles. The fourth-order valence-electron chi connectivity index (χ4n) is 1.93. The summed E-state index contributed by atoms with van der Waals surface area (Å²) in [4.78, 5) is 22.2. The second-order valence-corrected chi connectivity index (χ2v) is 4.48. The number of nitro benzene ring substituents is 1. The Morgan fingerprint density at radius 2 is 2.00 bits per heavy atom. The molecule has 0 atom stereocenters. The average molecular weight is 273 g/mol. The Kier molecular flexibility index (Phi) is 3.89. The number of non-ortho nitro benzene ring substituents is 1. The molecule has 0 bridgehead atoms. The number of carbonyl (C=O) groups excluding carboxylic acids is 1. The van der Waals surface area contributed by atoms with Gasteiger partial charge in [0.2, 0.25) is 0 Å². The Morgan fingerprint density at radius 1 is 1.25 bits per heavy atom. The third-order valence-electron chi connectivity index (χ3n) is 3.03. The number of hydrogen-bond acceptors (Lipinski definition) is 3. The van der Waals surface area contributed by atoms with Crippen molar-refractivity contribution in [3.63, 3.8) is 0 Å². The first-order valence-electron chi connectivity index (χ1n) is 6.00. The molecular weight excluding hydrogens is 261 g/mol. The van der Waals surface area contributed by atoms with E-state index in [0.717, 1.165) is 0 Å². The molecule has 0 aliphatic carbocycles. The predicted octanol–water partition coefficient (Wildman–Crippen LogP) is 3.47. The largest absolute Gasteiger partial charge is 0.294 e. The van der Waals surface area contributed by atoms with Crippen LogP contribution in [-0.4, -0.2) is 10.7 Å². The summed E-state index contributed by atoms with van der Waals surface area (Å²) in [6, 6.07) is 9.80. The molecule has 2 aromatic carbocycles. The van der Waals surface area contributed by atoms with E-state index in [9.17, 15) is 19.3 Å². The van der Waals surface area contributed by atoms with Crippen molar-refractivity contribution in [2.24, 2.45) is 0 Å². The first-order chi connectivity index (χ1) is 9.47. The van der Waals surface area contributed by atoms with Crippen LogP contribution in [0.5, 0.6) is 0 Å². The Hall–Kier alpha value is -2.56. The minimum atomic E-state index is -0.542. The Balaban J connectivity index is 2.24. The van der Waals surface area contributed by atoms with Crippen LogP contribution in [0.15, 0.2) is 42.5 Å². The van der Waals surface area contributed by atoms with E-state index < -0.39 is 4.92 Å². The van der Waals surface area contributed by atoms with Gasteiger partial charge in [-0.25, -0.2) is 4.39 Å². The predicted molar refractivity (Wildman–Crippen MR) is 72.3 cm³/mol. The van der Waals surface area contributed by atoms with Gasteiger partial charge in [-0.1, -0.05) is 18.2 Å². The quantitative estimate of drug-likeness (QED) is 0.487. The van der Waals surface area contributed by atoms with E-state index in [-0.39, 0.29) is 29.3 Å². The van der Waals surface area contributed by atoms with Gasteiger partial charge in [0.1, 0.15) is 5.82 Å². The van der Waals surface area contributed by atoms with Gasteiger partial charge >= 0.3 is 0 Å². The highest BCUT2D eigenvalue weighted by Crippen LogP contribution is 2.17. The maximum atomic E-state index is 13.0. The molecule has 0 spiro atoms. The lowest BCUT2D eigenvalue weighted by Gasteiger charge is -2.05. The number of rotatable bonds is 4. The molecule has 0 aliphatic heterocycles. The summed E-state index contributed by atoms with van der Waals surface area (Å²) >= 11 is 0. The zero-order valence-corrected chi connectivity index (χ0v) is 10.8. The molecule has 5 heteroatoms. The summed E-state index contributed by atoms with van der Waals surface area (Å²) in [6.07, 6.45) is 0.0906. The Labute approximate surface area is 115 Å². The molecule has 0 unspecified atom stereocenters. The van der Waals surface area contributed by atoms with Gasteiger partial charge < -0.3 is 0 Å². The number of aryl methyl sites for hydroxylation is 1. The highest BCUT2D eigenvalue weighted by molar-refractivity contribution is 5.98. The smallest absolute Gasteiger partial charge is 0.270 e. The summed E-state index contributed by atoms with van der Waals surface area (Å²) in [5, 5.41) is 10.7. The van der Waals surface area contributed by atoms with Gasteiger partial charge in [0.25, 0.3) is 5.69 Å². The van der Waals surface area contributed by atoms with Gasteiger partial charge in [0, 0.05) is 24.1 Å². The Morgan fingerprint density at radius 3 is 2.65 bits per heavy atom. The SMILES string of the molecule is Cc1cc(F)ccc1CC(=O)c1cccc([N+](=O)[O-])c1. The molecule has 0 saturated heterocycles. The second-order valence-electron chi connectivity index (χ2n) is 4.48. The molecule has 0 heterocycles. The van der Waals surface area contributed by atoms with Crippen molar-refractivity contribution in [2.45, 2.75) is 13.3 Å². The maximum Gasteiger partial charge on any atom is 0.270 e. The van der Waals surface area contributed by atoms with E-state index in [2.05, 4.69) is 0 Å². The van der Waals surface area contributed by atoms with Crippen molar-refractivity contribution in [2.75, 3.05) is 0 Å². The van der Waals surface area contributed by atoms with Gasteiger partial charge in [-0.05, 0) is 30.2 Å². The van der Waals surface area contributed by atoms with Crippen LogP contribution in [0.1, 0.15) is 21.5 Å². The van der Waals surface area contributed by atoms with Gasteiger partial charge in [-0.3, -0.25) is 14.9 Å². The standard InChI is InChI=1S/C15H12FNO3/c1-10-7-13(16)6-5-11(10)9-15(18)12-3-2-4-14(8-12)17(19)20/h2-8H,9H2,1H3. The lowest BCUT2D eigenvalue weighted by molar-refractivity contribution is -0.384. The molecular formula is C15H12FNO3. The highest BCUT2D eigenvalue weighted by Gasteiger charge is 2.13. The van der Waals surface area contributed by atoms with Gasteiger partial charge in [-0.2, -0.15) is 0 Å². The number of nitrogens with zero attached hydrogens (tertiary/aromatic N) is 1. The minimum Gasteiger partial charge on any atom is -0.294 e. The summed E-state index contributed by atoms with van der Waals surface area (Å²) in [5.41, 5.74) is 1.56. The summed E-state index contributed by atoms with van der Waals surface area (Å²) in [7, 11) is 0. The van der Waals surface area contributed by atoms with Crippen molar-refractivity contribution >= 4 is 11.5 Å². The van der Waals surface area contributed by atoms with Crippen molar-refractivity contribution in [1.29, 1.82) is 0 Å². The first-order valence-corrected chi connectivity index (χ1v) is 6.00. The van der Waals surface area contributed by atoms with E-state index in [4.69, 9.17) is 0 Å². The van der Waals surface area contributed by atoms with Gasteiger partial charge in [0.15, 0.2) is 5.78 Å². The topological polar surface area (TPSA) is 60.2 Å². The number of hydrogen-bond donors (Lipinski definition) is 0. The summed E-state index contributed by atoms with van der Waals surface area (Å²) in [6.45, 7) is 1.72. The number of benzene rings is 2. The molecule has 0 radical (unpaired) electrons. The summed E-state index contributed by atoms with van der Waals surface area (Å²) < 4.78 is 13.0. The monoisotopic (exact) mass is 273 g/mol. The van der Waals surface area contributed by atoms with Gasteiger partial charge in [-0.15, -0.1) is 0 Å². The maximum absolute atomic E-state index is 13.0. The fourth-order valence-corrected chi connectivity index (χ4v) is 1.93. The zero-order valence-electron chi connectivity index (χ0n) is 10.8. The van der Waals surface area contributed by atoms with Crippen LogP contribution in [-0.2, 0) is 6.42 Å². The fraction of sp³-hybridized carbons (Fsp3) is 0.133. The molecule has 0 N–H and O–H groups in total. The first kappa shape index (κ1) is 13.9. The van der Waals surface area contributed by atoms with E-state index in [1.54, 1.807) is 13.0 Å². The van der Waals surface area contributed by atoms with Crippen LogP contribution >= 0.6 is 0 Å². The minimum absolute atomic E-state index is 0.0906. The van der Waals surface area contributed by atoms with E-state index in [0.29, 0.717) is 11.1 Å². The third kappa shape index (κ3) is 3.06. The van der Waals surface area contributed by atoms with Crippen LogP contribution in [0.3, 0.4) is 0 Å². The number of ketones is 1. The van der Waals surface area contributed by atoms with E-state index in [1.807, 2.05) is 0 Å².